The quantitative estimate of drug-likeness (QED) is 0.729. The van der Waals surface area contributed by atoms with Crippen molar-refractivity contribution >= 4 is 39.3 Å². The lowest BCUT2D eigenvalue weighted by molar-refractivity contribution is -0.118. The summed E-state index contributed by atoms with van der Waals surface area (Å²) in [6, 6.07) is 15.1. The molecule has 2 N–H and O–H groups in total. The third kappa shape index (κ3) is 5.21. The van der Waals surface area contributed by atoms with Crippen LogP contribution in [0.4, 0.5) is 0 Å². The van der Waals surface area contributed by atoms with Gasteiger partial charge in [0.25, 0.3) is 11.8 Å². The lowest BCUT2D eigenvalue weighted by Crippen LogP contribution is -2.41. The van der Waals surface area contributed by atoms with Gasteiger partial charge in [0.15, 0.2) is 9.84 Å². The fraction of sp³-hybridized carbons (Fsp3) is 0.200. The zero-order valence-corrected chi connectivity index (χ0v) is 16.5. The van der Waals surface area contributed by atoms with Crippen LogP contribution in [0.1, 0.15) is 22.3 Å². The van der Waals surface area contributed by atoms with Crippen LogP contribution in [0.15, 0.2) is 60.3 Å². The predicted molar refractivity (Wildman–Crippen MR) is 109 cm³/mol. The van der Waals surface area contributed by atoms with E-state index < -0.39 is 27.7 Å². The molecule has 1 atom stereocenters. The van der Waals surface area contributed by atoms with Crippen molar-refractivity contribution in [3.63, 3.8) is 0 Å². The summed E-state index contributed by atoms with van der Waals surface area (Å²) in [5, 5.41) is 5.55. The van der Waals surface area contributed by atoms with Crippen LogP contribution in [0.2, 0.25) is 5.02 Å². The maximum absolute atomic E-state index is 12.7. The minimum atomic E-state index is -3.14. The van der Waals surface area contributed by atoms with Gasteiger partial charge >= 0.3 is 0 Å². The molecule has 1 aliphatic rings. The molecule has 2 aromatic carbocycles. The Kier molecular flexibility index (Phi) is 6.16. The van der Waals surface area contributed by atoms with Crippen LogP contribution < -0.4 is 10.6 Å². The summed E-state index contributed by atoms with van der Waals surface area (Å²) in [5.74, 6) is -1.13. The minimum Gasteiger partial charge on any atom is -0.347 e. The topological polar surface area (TPSA) is 92.3 Å². The molecule has 1 saturated heterocycles. The Labute approximate surface area is 168 Å². The predicted octanol–water partition coefficient (Wildman–Crippen LogP) is 2.41. The maximum Gasteiger partial charge on any atom is 0.268 e. The third-order valence-corrected chi connectivity index (χ3v) is 6.39. The number of amides is 2. The minimum absolute atomic E-state index is 0.0143. The summed E-state index contributed by atoms with van der Waals surface area (Å²) in [7, 11) is -3.14. The number of benzene rings is 2. The molecule has 1 fully saturated rings. The second-order valence-corrected chi connectivity index (χ2v) is 9.11. The first-order valence-electron chi connectivity index (χ1n) is 8.68. The van der Waals surface area contributed by atoms with Crippen LogP contribution in [0.3, 0.4) is 0 Å². The van der Waals surface area contributed by atoms with E-state index in [-0.39, 0.29) is 27.8 Å². The number of hydrogen-bond donors (Lipinski definition) is 2. The van der Waals surface area contributed by atoms with Crippen molar-refractivity contribution in [2.24, 2.45) is 0 Å². The Hall–Kier alpha value is -2.64. The number of carbonyl (C=O) groups excluding carboxylic acids is 2. The van der Waals surface area contributed by atoms with Gasteiger partial charge < -0.3 is 10.6 Å². The van der Waals surface area contributed by atoms with E-state index in [0.29, 0.717) is 12.0 Å². The van der Waals surface area contributed by atoms with E-state index in [1.807, 2.05) is 6.07 Å². The van der Waals surface area contributed by atoms with Crippen molar-refractivity contribution < 1.29 is 18.0 Å². The average Bonchev–Trinajstić information content (AvgIpc) is 3.00. The van der Waals surface area contributed by atoms with Gasteiger partial charge in [0.2, 0.25) is 0 Å². The molecule has 6 nitrogen and oxygen atoms in total. The normalized spacial score (nSPS) is 18.5. The Morgan fingerprint density at radius 1 is 1.04 bits per heavy atom. The summed E-state index contributed by atoms with van der Waals surface area (Å²) >= 11 is 6.06. The van der Waals surface area contributed by atoms with Crippen LogP contribution in [-0.2, 0) is 14.6 Å². The van der Waals surface area contributed by atoms with Gasteiger partial charge in [0.05, 0.1) is 22.1 Å². The Bertz CT molecular complexity index is 1020. The van der Waals surface area contributed by atoms with Crippen molar-refractivity contribution in [1.29, 1.82) is 0 Å². The van der Waals surface area contributed by atoms with Gasteiger partial charge in [-0.3, -0.25) is 9.59 Å². The highest BCUT2D eigenvalue weighted by atomic mass is 35.5. The van der Waals surface area contributed by atoms with Gasteiger partial charge in [-0.05, 0) is 30.2 Å². The molecule has 1 heterocycles. The number of sulfone groups is 1. The smallest absolute Gasteiger partial charge is 0.268 e. The molecule has 0 aromatic heterocycles. The number of halogens is 1. The fourth-order valence-electron chi connectivity index (χ4n) is 2.88. The third-order valence-electron chi connectivity index (χ3n) is 4.29. The zero-order chi connectivity index (χ0) is 20.1. The van der Waals surface area contributed by atoms with Crippen molar-refractivity contribution in [3.05, 3.63) is 76.4 Å². The lowest BCUT2D eigenvalue weighted by atomic mass is 10.1. The van der Waals surface area contributed by atoms with Crippen LogP contribution in [0, 0.1) is 0 Å². The summed E-state index contributed by atoms with van der Waals surface area (Å²) in [6.45, 7) is 0. The van der Waals surface area contributed by atoms with Crippen molar-refractivity contribution in [2.45, 2.75) is 12.5 Å². The van der Waals surface area contributed by atoms with Gasteiger partial charge in [0.1, 0.15) is 5.70 Å². The van der Waals surface area contributed by atoms with Crippen LogP contribution in [0.5, 0.6) is 0 Å². The second-order valence-electron chi connectivity index (χ2n) is 6.48. The molecule has 0 spiro atoms. The highest BCUT2D eigenvalue weighted by molar-refractivity contribution is 7.91. The van der Waals surface area contributed by atoms with E-state index in [1.54, 1.807) is 48.5 Å². The van der Waals surface area contributed by atoms with E-state index in [9.17, 15) is 18.0 Å². The van der Waals surface area contributed by atoms with E-state index in [4.69, 9.17) is 11.6 Å². The molecular formula is C20H19ClN2O4S. The van der Waals surface area contributed by atoms with Gasteiger partial charge in [-0.2, -0.15) is 0 Å². The maximum atomic E-state index is 12.7. The van der Waals surface area contributed by atoms with E-state index in [2.05, 4.69) is 10.6 Å². The molecule has 1 aliphatic heterocycles. The number of carbonyl (C=O) groups is 2. The first kappa shape index (κ1) is 20.1. The summed E-state index contributed by atoms with van der Waals surface area (Å²) < 4.78 is 23.3. The summed E-state index contributed by atoms with van der Waals surface area (Å²) in [5.41, 5.74) is 0.964. The number of nitrogens with one attached hydrogen (secondary N) is 2. The van der Waals surface area contributed by atoms with Gasteiger partial charge in [0, 0.05) is 6.04 Å². The van der Waals surface area contributed by atoms with Crippen molar-refractivity contribution in [3.8, 4) is 0 Å². The summed E-state index contributed by atoms with van der Waals surface area (Å²) in [4.78, 5) is 25.3. The molecule has 0 aliphatic carbocycles. The molecule has 0 saturated carbocycles. The molecule has 2 aromatic rings. The fourth-order valence-corrected chi connectivity index (χ4v) is 4.78. The SMILES string of the molecule is O=C(NC1CCS(=O)(=O)C1)C(=Cc1ccccc1)NC(=O)c1ccccc1Cl. The number of rotatable bonds is 5. The highest BCUT2D eigenvalue weighted by Gasteiger charge is 2.30. The van der Waals surface area contributed by atoms with Crippen LogP contribution >= 0.6 is 11.6 Å². The van der Waals surface area contributed by atoms with E-state index in [0.717, 1.165) is 0 Å². The molecule has 2 amide bonds. The molecule has 146 valence electrons. The molecule has 1 unspecified atom stereocenters. The Balaban J connectivity index is 1.83. The Morgan fingerprint density at radius 3 is 2.36 bits per heavy atom. The zero-order valence-electron chi connectivity index (χ0n) is 14.9. The summed E-state index contributed by atoms with van der Waals surface area (Å²) in [6.07, 6.45) is 1.89. The highest BCUT2D eigenvalue weighted by Crippen LogP contribution is 2.16. The van der Waals surface area contributed by atoms with E-state index in [1.165, 1.54) is 6.08 Å². The van der Waals surface area contributed by atoms with Gasteiger partial charge in [-0.25, -0.2) is 8.42 Å². The van der Waals surface area contributed by atoms with Crippen LogP contribution in [-0.4, -0.2) is 37.8 Å². The largest absolute Gasteiger partial charge is 0.347 e. The standard InChI is InChI=1S/C20H19ClN2O4S/c21-17-9-5-4-8-16(17)19(24)23-18(12-14-6-2-1-3-7-14)20(25)22-15-10-11-28(26,27)13-15/h1-9,12,15H,10-11,13H2,(H,22,25)(H,23,24). The van der Waals surface area contributed by atoms with Crippen LogP contribution in [0.25, 0.3) is 6.08 Å². The van der Waals surface area contributed by atoms with Crippen molar-refractivity contribution in [1.82, 2.24) is 10.6 Å². The molecule has 0 radical (unpaired) electrons. The van der Waals surface area contributed by atoms with Gasteiger partial charge in [-0.15, -0.1) is 0 Å². The number of hydrogen-bond acceptors (Lipinski definition) is 4. The second kappa shape index (κ2) is 8.58. The first-order chi connectivity index (χ1) is 13.3. The molecule has 0 bridgehead atoms. The first-order valence-corrected chi connectivity index (χ1v) is 10.9. The van der Waals surface area contributed by atoms with Gasteiger partial charge in [-0.1, -0.05) is 54.1 Å². The van der Waals surface area contributed by atoms with Crippen molar-refractivity contribution in [2.75, 3.05) is 11.5 Å². The Morgan fingerprint density at radius 2 is 1.71 bits per heavy atom. The average molecular weight is 419 g/mol. The molecule has 28 heavy (non-hydrogen) atoms. The van der Waals surface area contributed by atoms with E-state index >= 15 is 0 Å². The monoisotopic (exact) mass is 418 g/mol. The molecule has 3 rings (SSSR count). The molecule has 8 heteroatoms. The molecular weight excluding hydrogens is 400 g/mol. The lowest BCUT2D eigenvalue weighted by Gasteiger charge is -2.15.